The van der Waals surface area contributed by atoms with Crippen LogP contribution in [0.4, 0.5) is 0 Å². The molecule has 0 spiro atoms. The zero-order chi connectivity index (χ0) is 28.6. The Bertz CT molecular complexity index is 1840. The van der Waals surface area contributed by atoms with E-state index in [0.29, 0.717) is 59.2 Å². The number of carbonyl (C=O) groups is 1. The van der Waals surface area contributed by atoms with Crippen molar-refractivity contribution in [3.63, 3.8) is 0 Å². The second kappa shape index (κ2) is 11.4. The first-order chi connectivity index (χ1) is 19.2. The minimum absolute atomic E-state index is 0.167. The fourth-order valence-corrected chi connectivity index (χ4v) is 6.06. The van der Waals surface area contributed by atoms with Crippen molar-refractivity contribution in [2.24, 2.45) is 4.99 Å². The monoisotopic (exact) mass is 598 g/mol. The van der Waals surface area contributed by atoms with Gasteiger partial charge < -0.3 is 18.6 Å². The Hall–Kier alpha value is -3.79. The number of halogens is 2. The molecule has 1 aliphatic rings. The van der Waals surface area contributed by atoms with Gasteiger partial charge in [0.25, 0.3) is 5.56 Å². The largest absolute Gasteiger partial charge is 0.497 e. The maximum atomic E-state index is 13.9. The van der Waals surface area contributed by atoms with E-state index in [0.717, 1.165) is 0 Å². The lowest BCUT2D eigenvalue weighted by Gasteiger charge is -2.26. The van der Waals surface area contributed by atoms with Crippen LogP contribution in [0.5, 0.6) is 11.5 Å². The average molecular weight is 599 g/mol. The molecule has 0 aliphatic carbocycles. The van der Waals surface area contributed by atoms with Crippen molar-refractivity contribution in [1.82, 2.24) is 4.57 Å². The van der Waals surface area contributed by atoms with Gasteiger partial charge in [-0.15, -0.1) is 0 Å². The van der Waals surface area contributed by atoms with Crippen molar-refractivity contribution in [1.29, 1.82) is 0 Å². The minimum Gasteiger partial charge on any atom is -0.497 e. The van der Waals surface area contributed by atoms with Crippen LogP contribution in [0.2, 0.25) is 10.0 Å². The van der Waals surface area contributed by atoms with Gasteiger partial charge in [0.1, 0.15) is 29.1 Å². The molecule has 0 saturated carbocycles. The summed E-state index contributed by atoms with van der Waals surface area (Å²) in [6.07, 6.45) is 1.64. The molecule has 206 valence electrons. The molecule has 0 fully saturated rings. The highest BCUT2D eigenvalue weighted by atomic mass is 35.5. The molecule has 3 heterocycles. The Morgan fingerprint density at radius 1 is 1.12 bits per heavy atom. The number of fused-ring (bicyclic) bond motifs is 1. The summed E-state index contributed by atoms with van der Waals surface area (Å²) in [5, 5.41) is 0.961. The van der Waals surface area contributed by atoms with Crippen LogP contribution in [0.25, 0.3) is 17.4 Å². The van der Waals surface area contributed by atoms with Crippen LogP contribution >= 0.6 is 34.5 Å². The summed E-state index contributed by atoms with van der Waals surface area (Å²) in [6.45, 7) is 3.61. The van der Waals surface area contributed by atoms with Crippen molar-refractivity contribution in [2.45, 2.75) is 19.9 Å². The fraction of sp³-hybridized carbons (Fsp3) is 0.207. The summed E-state index contributed by atoms with van der Waals surface area (Å²) >= 11 is 13.5. The van der Waals surface area contributed by atoms with E-state index in [1.807, 2.05) is 0 Å². The summed E-state index contributed by atoms with van der Waals surface area (Å²) in [7, 11) is 3.07. The Morgan fingerprint density at radius 3 is 2.62 bits per heavy atom. The predicted molar refractivity (Wildman–Crippen MR) is 154 cm³/mol. The Balaban J connectivity index is 1.68. The highest BCUT2D eigenvalue weighted by Crippen LogP contribution is 2.38. The molecule has 2 aromatic heterocycles. The number of hydrogen-bond acceptors (Lipinski definition) is 8. The van der Waals surface area contributed by atoms with Gasteiger partial charge in [-0.1, -0.05) is 34.5 Å². The summed E-state index contributed by atoms with van der Waals surface area (Å²) in [5.74, 6) is 1.43. The number of hydrogen-bond donors (Lipinski definition) is 0. The quantitative estimate of drug-likeness (QED) is 0.265. The van der Waals surface area contributed by atoms with Crippen LogP contribution in [-0.4, -0.2) is 31.4 Å². The molecule has 1 atom stereocenters. The van der Waals surface area contributed by atoms with Crippen LogP contribution in [0, 0.1) is 0 Å². The predicted octanol–water partition coefficient (Wildman–Crippen LogP) is 5.38. The summed E-state index contributed by atoms with van der Waals surface area (Å²) in [4.78, 5) is 32.1. The zero-order valence-corrected chi connectivity index (χ0v) is 24.3. The van der Waals surface area contributed by atoms with E-state index in [-0.39, 0.29) is 17.7 Å². The van der Waals surface area contributed by atoms with Crippen LogP contribution in [-0.2, 0) is 9.53 Å². The second-order valence-corrected chi connectivity index (χ2v) is 10.6. The molecule has 0 unspecified atom stereocenters. The summed E-state index contributed by atoms with van der Waals surface area (Å²) in [5.41, 5.74) is 1.57. The number of carbonyl (C=O) groups excluding carboxylic acids is 1. The molecule has 0 bridgehead atoms. The molecule has 2 aromatic carbocycles. The Labute approximate surface area is 243 Å². The lowest BCUT2D eigenvalue weighted by Crippen LogP contribution is -2.40. The molecule has 1 aliphatic heterocycles. The molecular weight excluding hydrogens is 575 g/mol. The van der Waals surface area contributed by atoms with Crippen molar-refractivity contribution >= 4 is 46.6 Å². The van der Waals surface area contributed by atoms with Gasteiger partial charge in [0.05, 0.1) is 41.7 Å². The maximum Gasteiger partial charge on any atom is 0.338 e. The van der Waals surface area contributed by atoms with E-state index < -0.39 is 12.0 Å². The normalized spacial score (nSPS) is 15.1. The molecule has 0 amide bonds. The van der Waals surface area contributed by atoms with Gasteiger partial charge in [-0.3, -0.25) is 9.36 Å². The molecular formula is C29H24Cl2N2O6S. The average Bonchev–Trinajstić information content (AvgIpc) is 3.51. The van der Waals surface area contributed by atoms with Crippen molar-refractivity contribution in [3.05, 3.63) is 101 Å². The third kappa shape index (κ3) is 5.08. The molecule has 8 nitrogen and oxygen atoms in total. The first kappa shape index (κ1) is 27.8. The standard InChI is InChI=1S/C29H24Cl2N2O6S/c1-5-38-28(35)25-15(2)32-29-33(26(25)20-13-17(36-3)7-10-22(20)37-4)27(34)24(40-29)14-18-8-11-23(39-18)19-9-6-16(30)12-21(19)31/h6-14,26H,5H2,1-4H3/b24-14+/t26-/m0/s1. The number of esters is 1. The molecule has 0 saturated heterocycles. The molecule has 11 heteroatoms. The number of benzene rings is 2. The summed E-state index contributed by atoms with van der Waals surface area (Å²) in [6, 6.07) is 13.0. The van der Waals surface area contributed by atoms with Gasteiger partial charge >= 0.3 is 5.97 Å². The molecule has 4 aromatic rings. The summed E-state index contributed by atoms with van der Waals surface area (Å²) < 4.78 is 24.3. The van der Waals surface area contributed by atoms with Crippen molar-refractivity contribution < 1.29 is 23.4 Å². The van der Waals surface area contributed by atoms with Gasteiger partial charge in [-0.05, 0) is 62.4 Å². The number of rotatable bonds is 7. The highest BCUT2D eigenvalue weighted by Gasteiger charge is 2.35. The Kier molecular flexibility index (Phi) is 7.89. The number of thiazole rings is 1. The Morgan fingerprint density at radius 2 is 1.93 bits per heavy atom. The smallest absolute Gasteiger partial charge is 0.338 e. The first-order valence-electron chi connectivity index (χ1n) is 12.2. The third-order valence-electron chi connectivity index (χ3n) is 6.35. The van der Waals surface area contributed by atoms with E-state index in [9.17, 15) is 9.59 Å². The van der Waals surface area contributed by atoms with Gasteiger partial charge in [0, 0.05) is 22.2 Å². The van der Waals surface area contributed by atoms with Crippen LogP contribution in [0.15, 0.2) is 74.0 Å². The van der Waals surface area contributed by atoms with E-state index in [4.69, 9.17) is 41.8 Å². The molecule has 40 heavy (non-hydrogen) atoms. The number of ether oxygens (including phenoxy) is 3. The topological polar surface area (TPSA) is 92.3 Å². The minimum atomic E-state index is -0.859. The van der Waals surface area contributed by atoms with E-state index in [1.54, 1.807) is 75.6 Å². The van der Waals surface area contributed by atoms with E-state index in [2.05, 4.69) is 4.99 Å². The molecule has 5 rings (SSSR count). The second-order valence-electron chi connectivity index (χ2n) is 8.74. The number of nitrogens with zero attached hydrogens (tertiary/aromatic N) is 2. The van der Waals surface area contributed by atoms with Crippen LogP contribution in [0.3, 0.4) is 0 Å². The number of furan rings is 1. The van der Waals surface area contributed by atoms with Crippen molar-refractivity contribution in [2.75, 3.05) is 20.8 Å². The third-order valence-corrected chi connectivity index (χ3v) is 7.88. The van der Waals surface area contributed by atoms with Gasteiger partial charge in [-0.2, -0.15) is 0 Å². The zero-order valence-electron chi connectivity index (χ0n) is 22.0. The van der Waals surface area contributed by atoms with Gasteiger partial charge in [0.15, 0.2) is 4.80 Å². The van der Waals surface area contributed by atoms with Crippen LogP contribution in [0.1, 0.15) is 31.2 Å². The van der Waals surface area contributed by atoms with E-state index >= 15 is 0 Å². The fourth-order valence-electron chi connectivity index (χ4n) is 4.53. The van der Waals surface area contributed by atoms with Crippen molar-refractivity contribution in [3.8, 4) is 22.8 Å². The SMILES string of the molecule is CCOC(=O)C1=C(C)N=c2s/c(=C/c3ccc(-c4ccc(Cl)cc4Cl)o3)c(=O)n2[C@H]1c1cc(OC)ccc1OC. The number of methoxy groups -OCH3 is 2. The lowest BCUT2D eigenvalue weighted by molar-refractivity contribution is -0.139. The lowest BCUT2D eigenvalue weighted by atomic mass is 9.95. The maximum absolute atomic E-state index is 13.9. The van der Waals surface area contributed by atoms with E-state index in [1.165, 1.54) is 23.0 Å². The highest BCUT2D eigenvalue weighted by molar-refractivity contribution is 7.07. The first-order valence-corrected chi connectivity index (χ1v) is 13.8. The van der Waals surface area contributed by atoms with Gasteiger partial charge in [-0.25, -0.2) is 9.79 Å². The number of aromatic nitrogens is 1. The number of allylic oxidation sites excluding steroid dienone is 1. The van der Waals surface area contributed by atoms with Gasteiger partial charge in [0.2, 0.25) is 0 Å². The van der Waals surface area contributed by atoms with Crippen LogP contribution < -0.4 is 24.4 Å². The molecule has 0 N–H and O–H groups in total. The molecule has 0 radical (unpaired) electrons.